The Bertz CT molecular complexity index is 2700. The summed E-state index contributed by atoms with van der Waals surface area (Å²) in [5.74, 6) is 0.565. The number of hydrogen-bond donors (Lipinski definition) is 0. The first-order valence-corrected chi connectivity index (χ1v) is 18.4. The molecule has 0 aliphatic rings. The van der Waals surface area contributed by atoms with Crippen LogP contribution in [0.2, 0.25) is 0 Å². The van der Waals surface area contributed by atoms with Gasteiger partial charge in [-0.25, -0.2) is 15.0 Å². The summed E-state index contributed by atoms with van der Waals surface area (Å²) in [7, 11) is 0. The minimum absolute atomic E-state index is 0.565. The summed E-state index contributed by atoms with van der Waals surface area (Å²) in [6.45, 7) is 0. The highest BCUT2D eigenvalue weighted by Gasteiger charge is 2.17. The maximum atomic E-state index is 6.58. The van der Waals surface area contributed by atoms with Gasteiger partial charge in [0.1, 0.15) is 5.52 Å². The van der Waals surface area contributed by atoms with E-state index in [4.69, 9.17) is 19.4 Å². The summed E-state index contributed by atoms with van der Waals surface area (Å²) in [6.07, 6.45) is 0. The van der Waals surface area contributed by atoms with Crippen molar-refractivity contribution >= 4 is 21.9 Å². The van der Waals surface area contributed by atoms with Gasteiger partial charge in [-0.1, -0.05) is 152 Å². The first-order valence-electron chi connectivity index (χ1n) is 18.4. The van der Waals surface area contributed by atoms with Crippen LogP contribution in [0.15, 0.2) is 205 Å². The molecule has 0 saturated heterocycles. The molecule has 10 aromatic rings. The van der Waals surface area contributed by atoms with Crippen molar-refractivity contribution in [3.8, 4) is 78.7 Å². The fourth-order valence-electron chi connectivity index (χ4n) is 7.29. The number of benzene rings is 7. The van der Waals surface area contributed by atoms with Crippen LogP contribution in [-0.4, -0.2) is 15.0 Å². The van der Waals surface area contributed by atoms with E-state index in [1.807, 2.05) is 36.4 Å². The molecule has 0 radical (unpaired) electrons. The highest BCUT2D eigenvalue weighted by molar-refractivity contribution is 6.04. The Balaban J connectivity index is 1.23. The van der Waals surface area contributed by atoms with Crippen molar-refractivity contribution in [3.05, 3.63) is 200 Å². The maximum absolute atomic E-state index is 6.58. The largest absolute Gasteiger partial charge is 0.436 e. The van der Waals surface area contributed by atoms with Gasteiger partial charge in [-0.15, -0.1) is 0 Å². The quantitative estimate of drug-likeness (QED) is 0.166. The second kappa shape index (κ2) is 13.8. The van der Waals surface area contributed by atoms with E-state index >= 15 is 0 Å². The average Bonchev–Trinajstić information content (AvgIpc) is 3.73. The van der Waals surface area contributed by atoms with E-state index < -0.39 is 0 Å². The van der Waals surface area contributed by atoms with Gasteiger partial charge in [-0.2, -0.15) is 0 Å². The fraction of sp³-hybridized carbons (Fsp3) is 0. The zero-order valence-corrected chi connectivity index (χ0v) is 29.8. The molecule has 7 aromatic carbocycles. The Morgan fingerprint density at radius 1 is 0.291 bits per heavy atom. The zero-order valence-electron chi connectivity index (χ0n) is 29.8. The molecule has 0 fully saturated rings. The van der Waals surface area contributed by atoms with Crippen molar-refractivity contribution in [1.82, 2.24) is 15.0 Å². The molecule has 0 unspecified atom stereocenters. The number of fused-ring (bicyclic) bond motifs is 3. The summed E-state index contributed by atoms with van der Waals surface area (Å²) < 4.78 is 6.58. The van der Waals surface area contributed by atoms with Crippen molar-refractivity contribution in [2.24, 2.45) is 0 Å². The Morgan fingerprint density at radius 3 is 1.13 bits per heavy atom. The number of pyridine rings is 2. The molecular weight excluding hydrogens is 671 g/mol. The van der Waals surface area contributed by atoms with Crippen LogP contribution >= 0.6 is 0 Å². The number of oxazole rings is 1. The van der Waals surface area contributed by atoms with E-state index in [2.05, 4.69) is 164 Å². The van der Waals surface area contributed by atoms with Crippen LogP contribution in [0.4, 0.5) is 0 Å². The lowest BCUT2D eigenvalue weighted by molar-refractivity contribution is 0.620. The molecule has 10 rings (SSSR count). The Kier molecular flexibility index (Phi) is 8.12. The van der Waals surface area contributed by atoms with Crippen molar-refractivity contribution < 1.29 is 4.42 Å². The van der Waals surface area contributed by atoms with Gasteiger partial charge < -0.3 is 4.42 Å². The van der Waals surface area contributed by atoms with E-state index in [9.17, 15) is 0 Å². The molecular formula is C51H33N3O. The van der Waals surface area contributed by atoms with Gasteiger partial charge in [0.15, 0.2) is 5.58 Å². The molecule has 3 heterocycles. The molecule has 3 aromatic heterocycles. The van der Waals surface area contributed by atoms with Gasteiger partial charge in [0, 0.05) is 33.2 Å². The summed E-state index contributed by atoms with van der Waals surface area (Å²) in [6, 6.07) is 69.2. The maximum Gasteiger partial charge on any atom is 0.227 e. The van der Waals surface area contributed by atoms with Crippen molar-refractivity contribution in [1.29, 1.82) is 0 Å². The summed E-state index contributed by atoms with van der Waals surface area (Å²) in [5.41, 5.74) is 14.4. The average molecular weight is 704 g/mol. The molecule has 0 atom stereocenters. The van der Waals surface area contributed by atoms with Gasteiger partial charge in [0.25, 0.3) is 0 Å². The van der Waals surface area contributed by atoms with Crippen molar-refractivity contribution in [2.45, 2.75) is 0 Å². The van der Waals surface area contributed by atoms with Crippen molar-refractivity contribution in [2.75, 3.05) is 0 Å². The van der Waals surface area contributed by atoms with E-state index in [1.165, 1.54) is 0 Å². The summed E-state index contributed by atoms with van der Waals surface area (Å²) in [5, 5.41) is 2.19. The van der Waals surface area contributed by atoms with Gasteiger partial charge >= 0.3 is 0 Å². The van der Waals surface area contributed by atoms with Gasteiger partial charge in [-0.05, 0) is 76.2 Å². The minimum atomic E-state index is 0.565. The van der Waals surface area contributed by atoms with E-state index in [0.29, 0.717) is 5.89 Å². The van der Waals surface area contributed by atoms with Crippen molar-refractivity contribution in [3.63, 3.8) is 0 Å². The van der Waals surface area contributed by atoms with Crippen LogP contribution in [0, 0.1) is 0 Å². The highest BCUT2D eigenvalue weighted by atomic mass is 16.3. The molecule has 0 aliphatic carbocycles. The van der Waals surface area contributed by atoms with Crippen LogP contribution in [0.5, 0.6) is 0 Å². The van der Waals surface area contributed by atoms with E-state index in [0.717, 1.165) is 94.7 Å². The molecule has 4 heteroatoms. The predicted molar refractivity (Wildman–Crippen MR) is 225 cm³/mol. The number of rotatable bonds is 7. The Morgan fingerprint density at radius 2 is 0.673 bits per heavy atom. The lowest BCUT2D eigenvalue weighted by atomic mass is 9.93. The van der Waals surface area contributed by atoms with Gasteiger partial charge in [0.2, 0.25) is 5.89 Å². The normalized spacial score (nSPS) is 11.3. The molecule has 4 nitrogen and oxygen atoms in total. The monoisotopic (exact) mass is 703 g/mol. The van der Waals surface area contributed by atoms with Gasteiger partial charge in [0.05, 0.1) is 22.8 Å². The molecule has 0 spiro atoms. The topological polar surface area (TPSA) is 51.8 Å². The SMILES string of the molecule is c1ccc(-c2cc(-c3cc(-c4cc(-c5ccccc5)nc(-c5ccccc5)c4)cc(-c4nc5c(ccc6ccccc65)o4)c3)cc(-c3ccccc3)n2)cc1. The lowest BCUT2D eigenvalue weighted by Gasteiger charge is -2.14. The second-order valence-corrected chi connectivity index (χ2v) is 13.7. The third kappa shape index (κ3) is 6.36. The predicted octanol–water partition coefficient (Wildman–Crippen LogP) is 13.4. The Hall–Kier alpha value is -7.43. The number of aromatic nitrogens is 3. The third-order valence-corrected chi connectivity index (χ3v) is 10.1. The number of nitrogens with zero attached hydrogens (tertiary/aromatic N) is 3. The van der Waals surface area contributed by atoms with E-state index in [-0.39, 0.29) is 0 Å². The van der Waals surface area contributed by atoms with Crippen LogP contribution in [-0.2, 0) is 0 Å². The lowest BCUT2D eigenvalue weighted by Crippen LogP contribution is -1.94. The molecule has 0 N–H and O–H groups in total. The summed E-state index contributed by atoms with van der Waals surface area (Å²) in [4.78, 5) is 15.5. The molecule has 258 valence electrons. The molecule has 0 amide bonds. The standard InChI is InChI=1S/C51H33N3O/c1-5-16-35(17-6-1)45-30-41(31-46(52-45)36-18-7-2-8-19-36)39-27-40(29-43(28-39)51-54-50-44-24-14-13-15-34(44)25-26-49(50)55-51)42-32-47(37-20-9-3-10-21-37)53-48(33-42)38-22-11-4-12-23-38/h1-33H. The highest BCUT2D eigenvalue weighted by Crippen LogP contribution is 2.39. The first-order chi connectivity index (χ1) is 27.2. The van der Waals surface area contributed by atoms with Crippen LogP contribution in [0.3, 0.4) is 0 Å². The molecule has 0 saturated carbocycles. The van der Waals surface area contributed by atoms with Crippen LogP contribution in [0.25, 0.3) is 101 Å². The van der Waals surface area contributed by atoms with Gasteiger partial charge in [-0.3, -0.25) is 0 Å². The first kappa shape index (κ1) is 32.2. The Labute approximate surface area is 319 Å². The van der Waals surface area contributed by atoms with Crippen LogP contribution < -0.4 is 0 Å². The molecule has 0 aliphatic heterocycles. The van der Waals surface area contributed by atoms with E-state index in [1.54, 1.807) is 0 Å². The third-order valence-electron chi connectivity index (χ3n) is 10.1. The fourth-order valence-corrected chi connectivity index (χ4v) is 7.29. The second-order valence-electron chi connectivity index (χ2n) is 13.7. The minimum Gasteiger partial charge on any atom is -0.436 e. The molecule has 0 bridgehead atoms. The number of hydrogen-bond acceptors (Lipinski definition) is 4. The smallest absolute Gasteiger partial charge is 0.227 e. The molecule has 55 heavy (non-hydrogen) atoms. The summed E-state index contributed by atoms with van der Waals surface area (Å²) >= 11 is 0. The zero-order chi connectivity index (χ0) is 36.6. The van der Waals surface area contributed by atoms with Crippen LogP contribution in [0.1, 0.15) is 0 Å².